The van der Waals surface area contributed by atoms with E-state index in [1.807, 2.05) is 19.2 Å². The zero-order chi connectivity index (χ0) is 21.7. The number of alkyl halides is 3. The van der Waals surface area contributed by atoms with Crippen molar-refractivity contribution in [3.05, 3.63) is 24.0 Å². The van der Waals surface area contributed by atoms with Crippen LogP contribution < -0.4 is 10.1 Å². The van der Waals surface area contributed by atoms with Crippen LogP contribution >= 0.6 is 0 Å². The molecule has 0 spiro atoms. The number of carbonyl (C=O) groups is 2. The fourth-order valence-electron chi connectivity index (χ4n) is 3.87. The van der Waals surface area contributed by atoms with Crippen molar-refractivity contribution in [1.82, 2.24) is 10.3 Å². The van der Waals surface area contributed by atoms with Crippen molar-refractivity contribution in [2.24, 2.45) is 5.41 Å². The van der Waals surface area contributed by atoms with Crippen LogP contribution in [0.3, 0.4) is 0 Å². The molecule has 4 rings (SSSR count). The van der Waals surface area contributed by atoms with Crippen LogP contribution in [0.5, 0.6) is 5.75 Å². The Kier molecular flexibility index (Phi) is 7.10. The van der Waals surface area contributed by atoms with Crippen LogP contribution in [0.1, 0.15) is 51.0 Å². The van der Waals surface area contributed by atoms with Gasteiger partial charge in [-0.1, -0.05) is 0 Å². The smallest absolute Gasteiger partial charge is 0.490 e. The first kappa shape index (κ1) is 22.9. The third kappa shape index (κ3) is 5.81. The van der Waals surface area contributed by atoms with E-state index in [1.54, 1.807) is 6.20 Å². The summed E-state index contributed by atoms with van der Waals surface area (Å²) in [7, 11) is 0. The van der Waals surface area contributed by atoms with E-state index in [-0.39, 0.29) is 5.54 Å². The third-order valence-electron chi connectivity index (χ3n) is 5.69. The molecule has 162 valence electrons. The van der Waals surface area contributed by atoms with E-state index in [1.165, 1.54) is 0 Å². The SMILES string of the molecule is CCOc1cncc(CNC23CCC(C(=O)O)(CC2)CC3)c1.O=C(O)C(F)(F)F. The lowest BCUT2D eigenvalue weighted by Gasteiger charge is -2.51. The number of nitrogens with one attached hydrogen (secondary N) is 1. The number of hydrogen-bond acceptors (Lipinski definition) is 5. The Morgan fingerprint density at radius 1 is 1.14 bits per heavy atom. The zero-order valence-electron chi connectivity index (χ0n) is 16.1. The van der Waals surface area contributed by atoms with Crippen LogP contribution in [0, 0.1) is 5.41 Å². The summed E-state index contributed by atoms with van der Waals surface area (Å²) in [5.41, 5.74) is 0.777. The maximum atomic E-state index is 11.5. The van der Waals surface area contributed by atoms with E-state index in [4.69, 9.17) is 14.6 Å². The fraction of sp³-hybridized carbons (Fsp3) is 0.632. The lowest BCUT2D eigenvalue weighted by atomic mass is 9.57. The molecule has 3 N–H and O–H groups in total. The molecule has 0 aromatic carbocycles. The van der Waals surface area contributed by atoms with Crippen molar-refractivity contribution >= 4 is 11.9 Å². The van der Waals surface area contributed by atoms with Gasteiger partial charge in [-0.15, -0.1) is 0 Å². The molecule has 7 nitrogen and oxygen atoms in total. The molecule has 0 amide bonds. The molecule has 0 saturated heterocycles. The maximum Gasteiger partial charge on any atom is 0.490 e. The number of rotatable bonds is 6. The molecule has 10 heteroatoms. The molecule has 3 aliphatic rings. The van der Waals surface area contributed by atoms with E-state index >= 15 is 0 Å². The van der Waals surface area contributed by atoms with E-state index in [0.29, 0.717) is 6.61 Å². The minimum atomic E-state index is -5.08. The van der Waals surface area contributed by atoms with Gasteiger partial charge >= 0.3 is 18.1 Å². The lowest BCUT2D eigenvalue weighted by molar-refractivity contribution is -0.192. The number of nitrogens with zero attached hydrogens (tertiary/aromatic N) is 1. The van der Waals surface area contributed by atoms with E-state index in [0.717, 1.165) is 56.4 Å². The summed E-state index contributed by atoms with van der Waals surface area (Å²) in [5.74, 6) is -2.56. The topological polar surface area (TPSA) is 109 Å². The Morgan fingerprint density at radius 2 is 1.69 bits per heavy atom. The molecular formula is C19H25F3N2O5. The van der Waals surface area contributed by atoms with Crippen molar-refractivity contribution in [1.29, 1.82) is 0 Å². The Labute approximate surface area is 166 Å². The molecular weight excluding hydrogens is 393 g/mol. The summed E-state index contributed by atoms with van der Waals surface area (Å²) < 4.78 is 37.2. The number of hydrogen-bond donors (Lipinski definition) is 3. The molecule has 0 radical (unpaired) electrons. The number of halogens is 3. The zero-order valence-corrected chi connectivity index (χ0v) is 16.1. The molecule has 3 saturated carbocycles. The number of aliphatic carboxylic acids is 2. The van der Waals surface area contributed by atoms with Crippen molar-refractivity contribution in [3.8, 4) is 5.75 Å². The van der Waals surface area contributed by atoms with Crippen molar-refractivity contribution in [2.45, 2.75) is 63.7 Å². The van der Waals surface area contributed by atoms with Gasteiger partial charge in [0.25, 0.3) is 0 Å². The van der Waals surface area contributed by atoms with Gasteiger partial charge in [0.15, 0.2) is 0 Å². The van der Waals surface area contributed by atoms with Gasteiger partial charge < -0.3 is 20.3 Å². The molecule has 0 unspecified atom stereocenters. The summed E-state index contributed by atoms with van der Waals surface area (Å²) in [6.07, 6.45) is 3.77. The number of aromatic nitrogens is 1. The highest BCUT2D eigenvalue weighted by atomic mass is 19.4. The molecule has 1 aromatic heterocycles. The first-order chi connectivity index (χ1) is 13.5. The average Bonchev–Trinajstić information content (AvgIpc) is 2.68. The Hall–Kier alpha value is -2.36. The third-order valence-corrected chi connectivity index (χ3v) is 5.69. The van der Waals surface area contributed by atoms with Gasteiger partial charge in [0.2, 0.25) is 0 Å². The first-order valence-electron chi connectivity index (χ1n) is 9.37. The van der Waals surface area contributed by atoms with Gasteiger partial charge in [-0.05, 0) is 57.1 Å². The summed E-state index contributed by atoms with van der Waals surface area (Å²) >= 11 is 0. The first-order valence-corrected chi connectivity index (χ1v) is 9.37. The van der Waals surface area contributed by atoms with Crippen LogP contribution in [0.2, 0.25) is 0 Å². The molecule has 0 atom stereocenters. The van der Waals surface area contributed by atoms with Crippen molar-refractivity contribution in [3.63, 3.8) is 0 Å². The minimum absolute atomic E-state index is 0.110. The highest BCUT2D eigenvalue weighted by molar-refractivity contribution is 5.75. The predicted octanol–water partition coefficient (Wildman–Crippen LogP) is 3.38. The van der Waals surface area contributed by atoms with Crippen molar-refractivity contribution < 1.29 is 37.7 Å². The average molecular weight is 418 g/mol. The molecule has 3 aliphatic carbocycles. The Morgan fingerprint density at radius 3 is 2.14 bits per heavy atom. The molecule has 29 heavy (non-hydrogen) atoms. The van der Waals surface area contributed by atoms with Gasteiger partial charge in [0.05, 0.1) is 18.2 Å². The summed E-state index contributed by atoms with van der Waals surface area (Å²) in [4.78, 5) is 24.6. The molecule has 3 fully saturated rings. The molecule has 0 aliphatic heterocycles. The van der Waals surface area contributed by atoms with Gasteiger partial charge in [0.1, 0.15) is 5.75 Å². The number of pyridine rings is 1. The van der Waals surface area contributed by atoms with Crippen LogP contribution in [-0.4, -0.2) is 45.5 Å². The highest BCUT2D eigenvalue weighted by Crippen LogP contribution is 2.52. The molecule has 1 heterocycles. The fourth-order valence-corrected chi connectivity index (χ4v) is 3.87. The largest absolute Gasteiger partial charge is 0.492 e. The Bertz CT molecular complexity index is 714. The minimum Gasteiger partial charge on any atom is -0.492 e. The van der Waals surface area contributed by atoms with Gasteiger partial charge in [-0.2, -0.15) is 13.2 Å². The monoisotopic (exact) mass is 418 g/mol. The number of carboxylic acid groups (broad SMARTS) is 2. The highest BCUT2D eigenvalue weighted by Gasteiger charge is 2.52. The second-order valence-corrected chi connectivity index (χ2v) is 7.48. The number of fused-ring (bicyclic) bond motifs is 3. The number of ether oxygens (including phenoxy) is 1. The normalized spacial score (nSPS) is 25.7. The summed E-state index contributed by atoms with van der Waals surface area (Å²) in [6.45, 7) is 3.36. The van der Waals surface area contributed by atoms with Crippen LogP contribution in [-0.2, 0) is 16.1 Å². The van der Waals surface area contributed by atoms with Gasteiger partial charge in [-0.3, -0.25) is 9.78 Å². The van der Waals surface area contributed by atoms with Crippen LogP contribution in [0.4, 0.5) is 13.2 Å². The van der Waals surface area contributed by atoms with Crippen molar-refractivity contribution in [2.75, 3.05) is 6.61 Å². The summed E-state index contributed by atoms with van der Waals surface area (Å²) in [6, 6.07) is 2.02. The van der Waals surface area contributed by atoms with Gasteiger partial charge in [-0.25, -0.2) is 4.79 Å². The van der Waals surface area contributed by atoms with Crippen LogP contribution in [0.25, 0.3) is 0 Å². The second-order valence-electron chi connectivity index (χ2n) is 7.48. The number of carboxylic acids is 2. The molecule has 1 aromatic rings. The van der Waals surface area contributed by atoms with Gasteiger partial charge in [0, 0.05) is 18.3 Å². The van der Waals surface area contributed by atoms with Crippen LogP contribution in [0.15, 0.2) is 18.5 Å². The van der Waals surface area contributed by atoms with E-state index in [2.05, 4.69) is 10.3 Å². The predicted molar refractivity (Wildman–Crippen MR) is 96.4 cm³/mol. The van der Waals surface area contributed by atoms with E-state index in [9.17, 15) is 23.1 Å². The second kappa shape index (κ2) is 8.98. The molecule has 2 bridgehead atoms. The Balaban J connectivity index is 0.000000370. The standard InChI is InChI=1S/C17H24N2O3.C2HF3O2/c1-2-22-14-9-13(10-18-12-14)11-19-17-6-3-16(4-7-17,5-8-17)15(20)21;3-2(4,5)1(6)7/h9-10,12,19H,2-8,11H2,1H3,(H,20,21);(H,6,7). The van der Waals surface area contributed by atoms with E-state index < -0.39 is 23.5 Å². The lowest BCUT2D eigenvalue weighted by Crippen LogP contribution is -2.56. The maximum absolute atomic E-state index is 11.5. The quantitative estimate of drug-likeness (QED) is 0.650. The summed E-state index contributed by atoms with van der Waals surface area (Å²) in [5, 5.41) is 20.2.